The molecule has 0 heterocycles. The largest absolute Gasteiger partial charge is 2.00 e. The second-order valence-electron chi connectivity index (χ2n) is 1.48. The Morgan fingerprint density at radius 2 is 1.38 bits per heavy atom. The molecular weight excluding hydrogens is 388 g/mol. The molecule has 0 radical (unpaired) electrons. The van der Waals surface area contributed by atoms with Gasteiger partial charge in [-0.05, 0) is 12.1 Å². The van der Waals surface area contributed by atoms with Crippen molar-refractivity contribution in [1.82, 2.24) is 0 Å². The normalized spacial score (nSPS) is 5.15. The standard InChI is InChI=1S/C7H5N.C2H4.2ClH.Pt/c8-6-7-4-2-1-3-5-7;1-2;;;/h1-5H;1-2H2;2*1H;/q;;;;+2/p-2. The van der Waals surface area contributed by atoms with Crippen LogP contribution >= 0.6 is 0 Å². The predicted octanol–water partition coefficient (Wildman–Crippen LogP) is -3.63. The molecule has 0 aliphatic rings. The zero-order valence-electron chi connectivity index (χ0n) is 6.82. The minimum absolute atomic E-state index is 0. The molecule has 0 atom stereocenters. The van der Waals surface area contributed by atoms with E-state index in [-0.39, 0.29) is 45.9 Å². The van der Waals surface area contributed by atoms with Gasteiger partial charge in [-0.1, -0.05) is 18.2 Å². The van der Waals surface area contributed by atoms with Crippen molar-refractivity contribution in [1.29, 1.82) is 5.26 Å². The summed E-state index contributed by atoms with van der Waals surface area (Å²) in [6.07, 6.45) is 0. The van der Waals surface area contributed by atoms with E-state index in [4.69, 9.17) is 5.26 Å². The molecule has 0 saturated carbocycles. The van der Waals surface area contributed by atoms with Crippen molar-refractivity contribution >= 4 is 0 Å². The number of nitrogens with zero attached hydrogens (tertiary/aromatic N) is 1. The molecule has 0 amide bonds. The molecule has 74 valence electrons. The third-order valence-electron chi connectivity index (χ3n) is 0.903. The Hall–Kier alpha value is -0.282. The van der Waals surface area contributed by atoms with E-state index in [1.807, 2.05) is 24.3 Å². The van der Waals surface area contributed by atoms with E-state index < -0.39 is 0 Å². The number of hydrogen-bond donors (Lipinski definition) is 0. The minimum atomic E-state index is 0. The average Bonchev–Trinajstić information content (AvgIpc) is 2.10. The van der Waals surface area contributed by atoms with Crippen LogP contribution < -0.4 is 24.8 Å². The summed E-state index contributed by atoms with van der Waals surface area (Å²) in [6, 6.07) is 11.2. The van der Waals surface area contributed by atoms with Crippen LogP contribution in [0.1, 0.15) is 5.56 Å². The molecule has 1 nitrogen and oxygen atoms in total. The Labute approximate surface area is 106 Å². The summed E-state index contributed by atoms with van der Waals surface area (Å²) in [4.78, 5) is 0. The number of nitriles is 1. The summed E-state index contributed by atoms with van der Waals surface area (Å²) in [5.41, 5.74) is 0.715. The third-order valence-corrected chi connectivity index (χ3v) is 0.903. The second kappa shape index (κ2) is 17.7. The first kappa shape index (κ1) is 23.0. The maximum Gasteiger partial charge on any atom is 2.00 e. The van der Waals surface area contributed by atoms with Crippen LogP contribution in [0.25, 0.3) is 0 Å². The Morgan fingerprint density at radius 1 is 1.00 bits per heavy atom. The summed E-state index contributed by atoms with van der Waals surface area (Å²) in [5, 5.41) is 8.29. The van der Waals surface area contributed by atoms with E-state index in [2.05, 4.69) is 13.2 Å². The van der Waals surface area contributed by atoms with Crippen LogP contribution in [0.3, 0.4) is 0 Å². The van der Waals surface area contributed by atoms with Gasteiger partial charge >= 0.3 is 21.1 Å². The molecule has 0 unspecified atom stereocenters. The first-order valence-electron chi connectivity index (χ1n) is 2.88. The fourth-order valence-corrected chi connectivity index (χ4v) is 0.513. The first-order valence-corrected chi connectivity index (χ1v) is 2.88. The van der Waals surface area contributed by atoms with Crippen LogP contribution in [0.4, 0.5) is 0 Å². The molecule has 0 aliphatic heterocycles. The molecule has 13 heavy (non-hydrogen) atoms. The molecule has 0 saturated heterocycles. The van der Waals surface area contributed by atoms with Crippen molar-refractivity contribution in [3.05, 3.63) is 49.1 Å². The van der Waals surface area contributed by atoms with Crippen molar-refractivity contribution < 1.29 is 45.9 Å². The van der Waals surface area contributed by atoms with Gasteiger partial charge in [0.2, 0.25) is 0 Å². The van der Waals surface area contributed by atoms with Gasteiger partial charge in [-0.3, -0.25) is 0 Å². The van der Waals surface area contributed by atoms with E-state index in [0.29, 0.717) is 5.56 Å². The minimum Gasteiger partial charge on any atom is -1.00 e. The molecule has 0 aromatic heterocycles. The molecule has 4 heteroatoms. The predicted molar refractivity (Wildman–Crippen MR) is 42.4 cm³/mol. The van der Waals surface area contributed by atoms with Crippen LogP contribution in [0.15, 0.2) is 43.5 Å². The zero-order valence-corrected chi connectivity index (χ0v) is 10.6. The number of benzene rings is 1. The Bertz CT molecular complexity index is 221. The molecule has 0 aliphatic carbocycles. The molecule has 1 aromatic rings. The fraction of sp³-hybridized carbons (Fsp3) is 0. The van der Waals surface area contributed by atoms with Crippen LogP contribution in [0, 0.1) is 11.3 Å². The van der Waals surface area contributed by atoms with Crippen molar-refractivity contribution in [2.45, 2.75) is 0 Å². The molecule has 0 N–H and O–H groups in total. The summed E-state index contributed by atoms with van der Waals surface area (Å²) in [7, 11) is 0. The number of rotatable bonds is 0. The molecular formula is C9H9Cl2NPt. The summed E-state index contributed by atoms with van der Waals surface area (Å²) in [6.45, 7) is 6.00. The van der Waals surface area contributed by atoms with Gasteiger partial charge in [-0.15, -0.1) is 13.2 Å². The Kier molecular flexibility index (Phi) is 31.3. The van der Waals surface area contributed by atoms with E-state index in [1.165, 1.54) is 0 Å². The van der Waals surface area contributed by atoms with Crippen LogP contribution in [0.2, 0.25) is 0 Å². The number of halogens is 2. The van der Waals surface area contributed by atoms with Gasteiger partial charge < -0.3 is 24.8 Å². The fourth-order valence-electron chi connectivity index (χ4n) is 0.513. The Balaban J connectivity index is -0.0000000761. The smallest absolute Gasteiger partial charge is 1.00 e. The topological polar surface area (TPSA) is 23.8 Å². The van der Waals surface area contributed by atoms with Gasteiger partial charge in [0.1, 0.15) is 0 Å². The van der Waals surface area contributed by atoms with Crippen molar-refractivity contribution in [3.63, 3.8) is 0 Å². The van der Waals surface area contributed by atoms with Gasteiger partial charge in [-0.25, -0.2) is 0 Å². The van der Waals surface area contributed by atoms with E-state index >= 15 is 0 Å². The van der Waals surface area contributed by atoms with Crippen LogP contribution in [-0.4, -0.2) is 0 Å². The van der Waals surface area contributed by atoms with E-state index in [9.17, 15) is 0 Å². The first-order chi connectivity index (χ1) is 4.93. The summed E-state index contributed by atoms with van der Waals surface area (Å²) < 4.78 is 0. The molecule has 1 rings (SSSR count). The van der Waals surface area contributed by atoms with Gasteiger partial charge in [0.25, 0.3) is 0 Å². The van der Waals surface area contributed by atoms with Crippen molar-refractivity contribution in [2.24, 2.45) is 0 Å². The van der Waals surface area contributed by atoms with Crippen LogP contribution in [-0.2, 0) is 21.1 Å². The van der Waals surface area contributed by atoms with Crippen LogP contribution in [0.5, 0.6) is 0 Å². The monoisotopic (exact) mass is 396 g/mol. The van der Waals surface area contributed by atoms with Gasteiger partial charge in [0.15, 0.2) is 0 Å². The zero-order chi connectivity index (χ0) is 7.82. The van der Waals surface area contributed by atoms with Crippen molar-refractivity contribution in [3.8, 4) is 6.07 Å². The average molecular weight is 397 g/mol. The van der Waals surface area contributed by atoms with Gasteiger partial charge in [-0.2, -0.15) is 5.26 Å². The molecule has 0 bridgehead atoms. The molecule has 1 aromatic carbocycles. The second-order valence-corrected chi connectivity index (χ2v) is 1.48. The summed E-state index contributed by atoms with van der Waals surface area (Å²) >= 11 is 0. The molecule has 0 fully saturated rings. The quantitative estimate of drug-likeness (QED) is 0.415. The maximum atomic E-state index is 8.29. The van der Waals surface area contributed by atoms with E-state index in [1.54, 1.807) is 12.1 Å². The molecule has 0 spiro atoms. The summed E-state index contributed by atoms with van der Waals surface area (Å²) in [5.74, 6) is 0. The van der Waals surface area contributed by atoms with E-state index in [0.717, 1.165) is 0 Å². The third kappa shape index (κ3) is 11.7. The Morgan fingerprint density at radius 3 is 1.62 bits per heavy atom. The van der Waals surface area contributed by atoms with Gasteiger partial charge in [0, 0.05) is 0 Å². The number of hydrogen-bond acceptors (Lipinski definition) is 1. The SMILES string of the molecule is C=C.N#Cc1ccccc1.[Cl-].[Cl-].[Pt+2]. The van der Waals surface area contributed by atoms with Gasteiger partial charge in [0.05, 0.1) is 11.6 Å². The maximum absolute atomic E-state index is 8.29. The van der Waals surface area contributed by atoms with Crippen molar-refractivity contribution in [2.75, 3.05) is 0 Å².